The molecule has 0 aliphatic rings. The first kappa shape index (κ1) is 31.9. The molecule has 4 nitrogen and oxygen atoms in total. The van der Waals surface area contributed by atoms with E-state index < -0.39 is 33.6 Å². The molecule has 0 saturated heterocycles. The Hall–Kier alpha value is -4.01. The van der Waals surface area contributed by atoms with Gasteiger partial charge in [-0.25, -0.2) is 4.79 Å². The molecular weight excluding hydrogens is 565 g/mol. The molecule has 0 amide bonds. The Balaban J connectivity index is 1.69. The lowest BCUT2D eigenvalue weighted by Crippen LogP contribution is -2.67. The van der Waals surface area contributed by atoms with Crippen molar-refractivity contribution in [3.05, 3.63) is 133 Å². The van der Waals surface area contributed by atoms with Crippen molar-refractivity contribution < 1.29 is 18.4 Å². The van der Waals surface area contributed by atoms with E-state index in [0.29, 0.717) is 0 Å². The van der Waals surface area contributed by atoms with Gasteiger partial charge in [0.05, 0.1) is 6.42 Å². The van der Waals surface area contributed by atoms with E-state index in [-0.39, 0.29) is 17.0 Å². The van der Waals surface area contributed by atoms with Gasteiger partial charge in [-0.3, -0.25) is 4.79 Å². The van der Waals surface area contributed by atoms with E-state index >= 15 is 0 Å². The normalized spacial score (nSPS) is 12.3. The van der Waals surface area contributed by atoms with Gasteiger partial charge in [-0.1, -0.05) is 169 Å². The van der Waals surface area contributed by atoms with Crippen LogP contribution in [0.3, 0.4) is 0 Å². The number of hydrogen-bond donors (Lipinski definition) is 0. The predicted octanol–water partition coefficient (Wildman–Crippen LogP) is 6.14. The fourth-order valence-electron chi connectivity index (χ4n) is 5.96. The van der Waals surface area contributed by atoms with Crippen molar-refractivity contribution in [2.75, 3.05) is 0 Å². The van der Waals surface area contributed by atoms with Crippen molar-refractivity contribution in [2.24, 2.45) is 0 Å². The molecule has 0 aromatic heterocycles. The van der Waals surface area contributed by atoms with Gasteiger partial charge < -0.3 is 8.85 Å². The van der Waals surface area contributed by atoms with Gasteiger partial charge in [-0.05, 0) is 30.8 Å². The fourth-order valence-corrected chi connectivity index (χ4v) is 14.7. The Morgan fingerprint density at radius 3 is 1.09 bits per heavy atom. The molecule has 0 radical (unpaired) electrons. The smallest absolute Gasteiger partial charge is 0.324 e. The summed E-state index contributed by atoms with van der Waals surface area (Å²) in [6, 6.07) is 39.8. The first-order chi connectivity index (χ1) is 20.3. The van der Waals surface area contributed by atoms with Crippen molar-refractivity contribution >= 4 is 49.3 Å². The van der Waals surface area contributed by atoms with Crippen LogP contribution in [0.1, 0.15) is 48.0 Å². The lowest BCUT2D eigenvalue weighted by molar-refractivity contribution is -0.137. The van der Waals surface area contributed by atoms with Crippen LogP contribution in [0.2, 0.25) is 10.1 Å². The van der Waals surface area contributed by atoms with Gasteiger partial charge in [0.2, 0.25) is 0 Å². The van der Waals surface area contributed by atoms with Crippen LogP contribution in [0.4, 0.5) is 0 Å². The van der Waals surface area contributed by atoms with Crippen LogP contribution in [0.15, 0.2) is 133 Å². The standard InChI is InChI=1S/C37H42O4Si2/c1-29(35(39)41-43(37(5,6)7,32-24-16-10-17-25-32)33-26-18-11-19-27-33)28-34(38)40-42(36(2,3)4,30-20-12-8-13-21-30)31-22-14-9-15-23-31/h8-27H,1,28H2,2-7H3. The molecule has 0 aliphatic heterocycles. The number of carbonyl (C=O) groups is 2. The minimum absolute atomic E-state index is 0.0796. The van der Waals surface area contributed by atoms with Crippen molar-refractivity contribution in [1.82, 2.24) is 0 Å². The van der Waals surface area contributed by atoms with Crippen LogP contribution >= 0.6 is 0 Å². The number of hydrogen-bond acceptors (Lipinski definition) is 4. The first-order valence-electron chi connectivity index (χ1n) is 14.7. The highest BCUT2D eigenvalue weighted by molar-refractivity contribution is 7.01. The Morgan fingerprint density at radius 2 is 0.814 bits per heavy atom. The summed E-state index contributed by atoms with van der Waals surface area (Å²) in [6.45, 7) is 16.7. The molecule has 4 aromatic carbocycles. The van der Waals surface area contributed by atoms with E-state index in [1.807, 2.05) is 121 Å². The quantitative estimate of drug-likeness (QED) is 0.170. The second kappa shape index (κ2) is 12.7. The highest BCUT2D eigenvalue weighted by Crippen LogP contribution is 2.39. The highest BCUT2D eigenvalue weighted by Gasteiger charge is 2.55. The fraction of sp³-hybridized carbons (Fsp3) is 0.243. The van der Waals surface area contributed by atoms with Crippen LogP contribution in [0.25, 0.3) is 0 Å². The largest absolute Gasteiger partial charge is 0.509 e. The minimum Gasteiger partial charge on any atom is -0.509 e. The summed E-state index contributed by atoms with van der Waals surface area (Å²) >= 11 is 0. The second-order valence-electron chi connectivity index (χ2n) is 13.0. The highest BCUT2D eigenvalue weighted by atomic mass is 28.4. The Labute approximate surface area is 258 Å². The van der Waals surface area contributed by atoms with Gasteiger partial charge in [0.1, 0.15) is 0 Å². The molecule has 222 valence electrons. The van der Waals surface area contributed by atoms with Gasteiger partial charge in [0, 0.05) is 5.57 Å². The summed E-state index contributed by atoms with van der Waals surface area (Å²) in [5.41, 5.74) is 0.0796. The molecule has 4 rings (SSSR count). The molecule has 0 spiro atoms. The van der Waals surface area contributed by atoms with Gasteiger partial charge >= 0.3 is 22.6 Å². The number of benzene rings is 4. The summed E-state index contributed by atoms with van der Waals surface area (Å²) in [7, 11) is -6.29. The average molecular weight is 607 g/mol. The van der Waals surface area contributed by atoms with Crippen molar-refractivity contribution in [2.45, 2.75) is 58.0 Å². The molecule has 43 heavy (non-hydrogen) atoms. The van der Waals surface area contributed by atoms with Crippen molar-refractivity contribution in [1.29, 1.82) is 0 Å². The van der Waals surface area contributed by atoms with Crippen LogP contribution in [0, 0.1) is 0 Å². The van der Waals surface area contributed by atoms with Crippen molar-refractivity contribution in [3.8, 4) is 0 Å². The van der Waals surface area contributed by atoms with E-state index in [1.54, 1.807) is 0 Å². The van der Waals surface area contributed by atoms with E-state index in [0.717, 1.165) is 20.7 Å². The molecule has 0 fully saturated rings. The summed E-state index contributed by atoms with van der Waals surface area (Å²) in [6.07, 6.45) is -0.262. The topological polar surface area (TPSA) is 52.6 Å². The molecule has 0 saturated carbocycles. The zero-order valence-electron chi connectivity index (χ0n) is 26.1. The van der Waals surface area contributed by atoms with Gasteiger partial charge in [0.25, 0.3) is 5.97 Å². The molecule has 0 N–H and O–H groups in total. The Morgan fingerprint density at radius 1 is 0.535 bits per heavy atom. The van der Waals surface area contributed by atoms with Crippen LogP contribution in [0.5, 0.6) is 0 Å². The molecule has 4 aromatic rings. The summed E-state index contributed by atoms with van der Waals surface area (Å²) in [5, 5.41) is 3.14. The first-order valence-corrected chi connectivity index (χ1v) is 18.5. The van der Waals surface area contributed by atoms with Gasteiger partial charge in [0.15, 0.2) is 0 Å². The van der Waals surface area contributed by atoms with E-state index in [1.165, 1.54) is 0 Å². The third kappa shape index (κ3) is 6.36. The van der Waals surface area contributed by atoms with Crippen LogP contribution < -0.4 is 20.7 Å². The zero-order valence-corrected chi connectivity index (χ0v) is 28.1. The minimum atomic E-state index is -3.16. The second-order valence-corrected chi connectivity index (χ2v) is 21.4. The predicted molar refractivity (Wildman–Crippen MR) is 181 cm³/mol. The van der Waals surface area contributed by atoms with Crippen LogP contribution in [-0.4, -0.2) is 28.6 Å². The van der Waals surface area contributed by atoms with Crippen molar-refractivity contribution in [3.63, 3.8) is 0 Å². The van der Waals surface area contributed by atoms with Gasteiger partial charge in [-0.2, -0.15) is 0 Å². The summed E-state index contributed by atoms with van der Waals surface area (Å²) < 4.78 is 13.2. The molecule has 0 bridgehead atoms. The SMILES string of the molecule is C=C(CC(=O)O[Si](c1ccccc1)(c1ccccc1)C(C)(C)C)C(=O)O[Si](c1ccccc1)(c1ccccc1)C(C)(C)C. The summed E-state index contributed by atoms with van der Waals surface area (Å²) in [5.74, 6) is -1.06. The molecule has 0 unspecified atom stereocenters. The molecule has 6 heteroatoms. The van der Waals surface area contributed by atoms with Crippen LogP contribution in [-0.2, 0) is 18.4 Å². The van der Waals surface area contributed by atoms with E-state index in [2.05, 4.69) is 48.1 Å². The zero-order chi connectivity index (χ0) is 31.3. The third-order valence-electron chi connectivity index (χ3n) is 7.99. The Bertz CT molecular complexity index is 1460. The molecule has 0 aliphatic carbocycles. The third-order valence-corrected chi connectivity index (χ3v) is 17.8. The van der Waals surface area contributed by atoms with E-state index in [4.69, 9.17) is 8.85 Å². The summed E-state index contributed by atoms with van der Waals surface area (Å²) in [4.78, 5) is 27.7. The average Bonchev–Trinajstić information content (AvgIpc) is 2.99. The molecule has 0 atom stereocenters. The lowest BCUT2D eigenvalue weighted by Gasteiger charge is -2.42. The molecule has 0 heterocycles. The number of carbonyl (C=O) groups excluding carboxylic acids is 2. The lowest BCUT2D eigenvalue weighted by atomic mass is 10.2. The maximum Gasteiger partial charge on any atom is 0.324 e. The molecular formula is C37H42O4Si2. The maximum absolute atomic E-state index is 13.9. The number of rotatable bonds is 9. The Kier molecular flexibility index (Phi) is 9.42. The monoisotopic (exact) mass is 606 g/mol. The maximum atomic E-state index is 13.9. The van der Waals surface area contributed by atoms with E-state index in [9.17, 15) is 9.59 Å². The van der Waals surface area contributed by atoms with Gasteiger partial charge in [-0.15, -0.1) is 0 Å².